The molecular formula is C30H32F3N9O3Si. The van der Waals surface area contributed by atoms with Crippen LogP contribution in [0.2, 0.25) is 25.7 Å². The van der Waals surface area contributed by atoms with E-state index in [2.05, 4.69) is 46.0 Å². The van der Waals surface area contributed by atoms with E-state index in [1.54, 1.807) is 17.9 Å². The van der Waals surface area contributed by atoms with Gasteiger partial charge in [-0.2, -0.15) is 28.5 Å². The molecule has 5 heterocycles. The predicted octanol–water partition coefficient (Wildman–Crippen LogP) is 6.03. The SMILES string of the molecule is Cn1cc(C(F)(F)F)cc(Nc2nc3ncc(Oc4cnc5c(c4)c(C4CC4)nn5COCC[Si](C)(C)C)c(C#N)c3n2C)c1=O. The summed E-state index contributed by atoms with van der Waals surface area (Å²) in [6.45, 7) is 7.85. The Morgan fingerprint density at radius 2 is 1.91 bits per heavy atom. The van der Waals surface area contributed by atoms with Crippen molar-refractivity contribution in [1.29, 1.82) is 5.26 Å². The number of fused-ring (bicyclic) bond motifs is 2. The number of hydrogen-bond acceptors (Lipinski definition) is 9. The molecule has 1 N–H and O–H groups in total. The second-order valence-corrected chi connectivity index (χ2v) is 18.2. The van der Waals surface area contributed by atoms with E-state index in [1.807, 2.05) is 6.07 Å². The van der Waals surface area contributed by atoms with Gasteiger partial charge in [-0.15, -0.1) is 0 Å². The second-order valence-electron chi connectivity index (χ2n) is 12.6. The number of rotatable bonds is 10. The summed E-state index contributed by atoms with van der Waals surface area (Å²) in [6.07, 6.45) is 1.03. The van der Waals surface area contributed by atoms with Gasteiger partial charge in [0, 0.05) is 46.3 Å². The number of nitrogens with zero attached hydrogens (tertiary/aromatic N) is 8. The Balaban J connectivity index is 1.30. The van der Waals surface area contributed by atoms with Crippen molar-refractivity contribution in [1.82, 2.24) is 33.9 Å². The Hall–Kier alpha value is -4.75. The Kier molecular flexibility index (Phi) is 7.85. The van der Waals surface area contributed by atoms with Crippen molar-refractivity contribution in [2.45, 2.75) is 57.4 Å². The molecule has 0 amide bonds. The number of alkyl halides is 3. The average Bonchev–Trinajstić information content (AvgIpc) is 3.70. The number of anilines is 2. The van der Waals surface area contributed by atoms with Gasteiger partial charge in [-0.3, -0.25) is 4.79 Å². The fraction of sp³-hybridized carbons (Fsp3) is 0.400. The number of halogens is 3. The van der Waals surface area contributed by atoms with Crippen molar-refractivity contribution >= 4 is 41.9 Å². The molecule has 5 aromatic heterocycles. The van der Waals surface area contributed by atoms with Gasteiger partial charge in [0.1, 0.15) is 35.3 Å². The van der Waals surface area contributed by atoms with Gasteiger partial charge in [0.25, 0.3) is 5.56 Å². The van der Waals surface area contributed by atoms with Crippen molar-refractivity contribution in [3.05, 3.63) is 57.9 Å². The van der Waals surface area contributed by atoms with Crippen LogP contribution in [0.15, 0.2) is 35.5 Å². The average molecular weight is 652 g/mol. The van der Waals surface area contributed by atoms with E-state index in [1.165, 1.54) is 17.8 Å². The number of ether oxygens (including phenoxy) is 2. The lowest BCUT2D eigenvalue weighted by Gasteiger charge is -2.15. The molecule has 6 rings (SSSR count). The van der Waals surface area contributed by atoms with Gasteiger partial charge >= 0.3 is 6.18 Å². The zero-order valence-electron chi connectivity index (χ0n) is 25.9. The summed E-state index contributed by atoms with van der Waals surface area (Å²) in [4.78, 5) is 25.9. The lowest BCUT2D eigenvalue weighted by molar-refractivity contribution is -0.138. The number of hydrogen-bond donors (Lipinski definition) is 1. The van der Waals surface area contributed by atoms with E-state index >= 15 is 0 Å². The third-order valence-corrected chi connectivity index (χ3v) is 9.43. The molecule has 0 atom stereocenters. The van der Waals surface area contributed by atoms with Crippen LogP contribution in [0, 0.1) is 11.3 Å². The van der Waals surface area contributed by atoms with Crippen LogP contribution in [0.25, 0.3) is 22.2 Å². The Morgan fingerprint density at radius 1 is 1.15 bits per heavy atom. The molecule has 1 aliphatic rings. The van der Waals surface area contributed by atoms with Gasteiger partial charge in [0.2, 0.25) is 5.95 Å². The number of imidazole rings is 1. The molecule has 0 bridgehead atoms. The van der Waals surface area contributed by atoms with Crippen molar-refractivity contribution in [2.75, 3.05) is 11.9 Å². The maximum absolute atomic E-state index is 13.4. The molecule has 1 fully saturated rings. The van der Waals surface area contributed by atoms with Gasteiger partial charge < -0.3 is 23.9 Å². The molecule has 0 spiro atoms. The first-order valence-corrected chi connectivity index (χ1v) is 18.4. The summed E-state index contributed by atoms with van der Waals surface area (Å²) in [5.74, 6) is 0.864. The zero-order valence-corrected chi connectivity index (χ0v) is 26.9. The number of aromatic nitrogens is 7. The molecular weight excluding hydrogens is 619 g/mol. The maximum Gasteiger partial charge on any atom is 0.417 e. The molecule has 12 nitrogen and oxygen atoms in total. The molecule has 0 aromatic carbocycles. The normalized spacial score (nSPS) is 13.8. The standard InChI is InChI=1S/C30H32F3N9O3Si/c1-40-15-18(30(31,32)33)10-22(28(40)43)37-29-38-26-25(41(29)2)21(12-34)23(14-35-26)45-19-11-20-24(17-6-7-17)39-42(27(20)36-13-19)16-44-8-9-46(3,4)5/h10-11,13-15,17H,6-9,16H2,1-5H3,(H,35,37,38). The van der Waals surface area contributed by atoms with Gasteiger partial charge in [0.15, 0.2) is 17.0 Å². The summed E-state index contributed by atoms with van der Waals surface area (Å²) in [6, 6.07) is 5.73. The summed E-state index contributed by atoms with van der Waals surface area (Å²) >= 11 is 0. The molecule has 0 aliphatic heterocycles. The zero-order chi connectivity index (χ0) is 33.0. The summed E-state index contributed by atoms with van der Waals surface area (Å²) in [7, 11) is 1.55. The first-order valence-electron chi connectivity index (χ1n) is 14.7. The van der Waals surface area contributed by atoms with Crippen LogP contribution < -0.4 is 15.6 Å². The van der Waals surface area contributed by atoms with E-state index < -0.39 is 25.4 Å². The highest BCUT2D eigenvalue weighted by atomic mass is 28.3. The third-order valence-electron chi connectivity index (χ3n) is 7.73. The lowest BCUT2D eigenvalue weighted by atomic mass is 10.2. The van der Waals surface area contributed by atoms with Crippen LogP contribution in [0.3, 0.4) is 0 Å². The Labute approximate surface area is 262 Å². The van der Waals surface area contributed by atoms with E-state index in [0.717, 1.165) is 46.8 Å². The fourth-order valence-electron chi connectivity index (χ4n) is 5.05. The molecule has 5 aromatic rings. The third kappa shape index (κ3) is 6.20. The minimum atomic E-state index is -4.66. The summed E-state index contributed by atoms with van der Waals surface area (Å²) in [5.41, 5.74) is 0.0845. The number of nitrogens with one attached hydrogen (secondary N) is 1. The topological polar surface area (TPSA) is 138 Å². The van der Waals surface area contributed by atoms with Crippen molar-refractivity contribution in [3.8, 4) is 17.6 Å². The molecule has 1 aliphatic carbocycles. The minimum Gasteiger partial charge on any atom is -0.453 e. The van der Waals surface area contributed by atoms with Crippen LogP contribution >= 0.6 is 0 Å². The number of pyridine rings is 3. The molecule has 0 unspecified atom stereocenters. The van der Waals surface area contributed by atoms with Gasteiger partial charge in [0.05, 0.1) is 23.7 Å². The first kappa shape index (κ1) is 31.2. The Bertz CT molecular complexity index is 2070. The molecule has 46 heavy (non-hydrogen) atoms. The molecule has 0 radical (unpaired) electrons. The smallest absolute Gasteiger partial charge is 0.417 e. The Morgan fingerprint density at radius 3 is 2.59 bits per heavy atom. The quantitative estimate of drug-likeness (QED) is 0.142. The van der Waals surface area contributed by atoms with E-state index in [9.17, 15) is 23.2 Å². The largest absolute Gasteiger partial charge is 0.453 e. The van der Waals surface area contributed by atoms with Crippen LogP contribution in [0.5, 0.6) is 11.5 Å². The minimum absolute atomic E-state index is 0.0178. The highest BCUT2D eigenvalue weighted by molar-refractivity contribution is 6.76. The van der Waals surface area contributed by atoms with Crippen LogP contribution in [0.1, 0.15) is 35.6 Å². The number of aryl methyl sites for hydroxylation is 2. The van der Waals surface area contributed by atoms with Crippen molar-refractivity contribution in [3.63, 3.8) is 0 Å². The first-order chi connectivity index (χ1) is 21.7. The molecule has 0 saturated heterocycles. The monoisotopic (exact) mass is 651 g/mol. The van der Waals surface area contributed by atoms with Gasteiger partial charge in [-0.1, -0.05) is 19.6 Å². The molecule has 1 saturated carbocycles. The van der Waals surface area contributed by atoms with Crippen molar-refractivity contribution < 1.29 is 22.6 Å². The maximum atomic E-state index is 13.4. The summed E-state index contributed by atoms with van der Waals surface area (Å²) < 4.78 is 56.3. The van der Waals surface area contributed by atoms with Gasteiger partial charge in [-0.05, 0) is 31.0 Å². The van der Waals surface area contributed by atoms with Crippen LogP contribution in [-0.2, 0) is 31.7 Å². The van der Waals surface area contributed by atoms with Crippen LogP contribution in [0.4, 0.5) is 24.8 Å². The second kappa shape index (κ2) is 11.6. The van der Waals surface area contributed by atoms with E-state index in [0.29, 0.717) is 30.7 Å². The fourth-order valence-corrected chi connectivity index (χ4v) is 5.81. The molecule has 240 valence electrons. The highest BCUT2D eigenvalue weighted by Crippen LogP contribution is 2.43. The predicted molar refractivity (Wildman–Crippen MR) is 167 cm³/mol. The van der Waals surface area contributed by atoms with Crippen LogP contribution in [-0.4, -0.2) is 48.5 Å². The van der Waals surface area contributed by atoms with Crippen molar-refractivity contribution in [2.24, 2.45) is 14.1 Å². The summed E-state index contributed by atoms with van der Waals surface area (Å²) in [5, 5.41) is 18.5. The molecule has 16 heteroatoms. The van der Waals surface area contributed by atoms with E-state index in [4.69, 9.17) is 14.6 Å². The highest BCUT2D eigenvalue weighted by Gasteiger charge is 2.33. The lowest BCUT2D eigenvalue weighted by Crippen LogP contribution is -2.23. The van der Waals surface area contributed by atoms with E-state index in [-0.39, 0.29) is 34.1 Å². The van der Waals surface area contributed by atoms with Gasteiger partial charge in [-0.25, -0.2) is 14.6 Å². The number of nitriles is 1.